The van der Waals surface area contributed by atoms with Crippen LogP contribution in [0.4, 0.5) is 24.5 Å². The Kier molecular flexibility index (Phi) is 13.0. The average molecular weight is 631 g/mol. The standard InChI is InChI=1S/C25H29ClN4O4S.C2HF3O2/c1-19(2)29-35(32,33)15-13-30(23-6-4-3-5-7-23)25(31)20-16-21(26)18-24(17-20)34-14-12-28-22-8-10-27-11-9-22;3-2(4,5)1(6)7/h3-11,16-19,29H,12-15H2,1-2H3,(H,27,28);(H,6,7). The van der Waals surface area contributed by atoms with Gasteiger partial charge in [0.2, 0.25) is 10.0 Å². The molecule has 0 bridgehead atoms. The van der Waals surface area contributed by atoms with Crippen LogP contribution >= 0.6 is 11.6 Å². The van der Waals surface area contributed by atoms with E-state index in [4.69, 9.17) is 26.2 Å². The van der Waals surface area contributed by atoms with E-state index in [-0.39, 0.29) is 24.2 Å². The summed E-state index contributed by atoms with van der Waals surface area (Å²) in [5, 5.41) is 10.7. The Morgan fingerprint density at radius 2 is 1.69 bits per heavy atom. The van der Waals surface area contributed by atoms with Crippen LogP contribution in [-0.4, -0.2) is 68.1 Å². The predicted molar refractivity (Wildman–Crippen MR) is 154 cm³/mol. The number of aliphatic carboxylic acids is 1. The van der Waals surface area contributed by atoms with Gasteiger partial charge in [-0.05, 0) is 56.3 Å². The summed E-state index contributed by atoms with van der Waals surface area (Å²) in [6, 6.07) is 17.2. The minimum Gasteiger partial charge on any atom is -0.492 e. The summed E-state index contributed by atoms with van der Waals surface area (Å²) < 4.78 is 64.9. The Morgan fingerprint density at radius 1 is 1.07 bits per heavy atom. The number of nitrogens with zero attached hydrogens (tertiary/aromatic N) is 2. The van der Waals surface area contributed by atoms with E-state index in [9.17, 15) is 26.4 Å². The second-order valence-corrected chi connectivity index (χ2v) is 11.2. The summed E-state index contributed by atoms with van der Waals surface area (Å²) >= 11 is 6.28. The number of halogens is 4. The molecule has 2 aromatic carbocycles. The van der Waals surface area contributed by atoms with Crippen LogP contribution in [0.1, 0.15) is 24.2 Å². The lowest BCUT2D eigenvalue weighted by molar-refractivity contribution is -0.192. The minimum absolute atomic E-state index is 0.0243. The second-order valence-electron chi connectivity index (χ2n) is 8.87. The maximum Gasteiger partial charge on any atom is 0.490 e. The van der Waals surface area contributed by atoms with Crippen molar-refractivity contribution < 1.29 is 41.0 Å². The number of carbonyl (C=O) groups excluding carboxylic acids is 1. The monoisotopic (exact) mass is 630 g/mol. The van der Waals surface area contributed by atoms with Gasteiger partial charge >= 0.3 is 12.1 Å². The van der Waals surface area contributed by atoms with Crippen molar-refractivity contribution in [3.63, 3.8) is 0 Å². The fourth-order valence-corrected chi connectivity index (χ4v) is 4.83. The Hall–Kier alpha value is -3.88. The molecule has 10 nitrogen and oxygen atoms in total. The highest BCUT2D eigenvalue weighted by atomic mass is 35.5. The summed E-state index contributed by atoms with van der Waals surface area (Å²) in [6.07, 6.45) is -1.69. The summed E-state index contributed by atoms with van der Waals surface area (Å²) in [6.45, 7) is 4.35. The van der Waals surface area contributed by atoms with Crippen molar-refractivity contribution >= 4 is 44.9 Å². The lowest BCUT2D eigenvalue weighted by Gasteiger charge is -2.24. The van der Waals surface area contributed by atoms with Gasteiger partial charge in [0.05, 0.1) is 5.75 Å². The van der Waals surface area contributed by atoms with E-state index in [0.29, 0.717) is 35.2 Å². The van der Waals surface area contributed by atoms with Gasteiger partial charge in [-0.1, -0.05) is 29.8 Å². The Labute approximate surface area is 246 Å². The number of anilines is 2. The summed E-state index contributed by atoms with van der Waals surface area (Å²) in [4.78, 5) is 27.8. The van der Waals surface area contributed by atoms with Crippen molar-refractivity contribution in [2.45, 2.75) is 26.1 Å². The highest BCUT2D eigenvalue weighted by Crippen LogP contribution is 2.24. The van der Waals surface area contributed by atoms with Crippen molar-refractivity contribution in [3.05, 3.63) is 83.6 Å². The van der Waals surface area contributed by atoms with E-state index in [1.54, 1.807) is 68.7 Å². The summed E-state index contributed by atoms with van der Waals surface area (Å²) in [5.41, 5.74) is 1.81. The molecule has 1 amide bonds. The second kappa shape index (κ2) is 15.9. The molecule has 0 unspecified atom stereocenters. The zero-order valence-electron chi connectivity index (χ0n) is 22.6. The number of sulfonamides is 1. The highest BCUT2D eigenvalue weighted by Gasteiger charge is 2.38. The summed E-state index contributed by atoms with van der Waals surface area (Å²) in [7, 11) is -3.56. The first kappa shape index (κ1) is 34.3. The number of hydrogen-bond acceptors (Lipinski definition) is 7. The van der Waals surface area contributed by atoms with Crippen molar-refractivity contribution in [2.75, 3.05) is 35.7 Å². The first-order valence-electron chi connectivity index (χ1n) is 12.4. The van der Waals surface area contributed by atoms with Crippen molar-refractivity contribution in [3.8, 4) is 5.75 Å². The number of nitrogens with one attached hydrogen (secondary N) is 2. The predicted octanol–water partition coefficient (Wildman–Crippen LogP) is 4.83. The number of hydrogen-bond donors (Lipinski definition) is 3. The van der Waals surface area contributed by atoms with E-state index < -0.39 is 22.2 Å². The Balaban J connectivity index is 0.000000782. The first-order valence-corrected chi connectivity index (χ1v) is 14.5. The SMILES string of the molecule is CC(C)NS(=O)(=O)CCN(C(=O)c1cc(Cl)cc(OCCNc2ccncc2)c1)c1ccccc1.O=C(O)C(F)(F)F. The van der Waals surface area contributed by atoms with Gasteiger partial charge in [0.15, 0.2) is 0 Å². The van der Waals surface area contributed by atoms with Gasteiger partial charge in [-0.2, -0.15) is 13.2 Å². The van der Waals surface area contributed by atoms with Crippen molar-refractivity contribution in [1.82, 2.24) is 9.71 Å². The fourth-order valence-electron chi connectivity index (χ4n) is 3.34. The number of amides is 1. The molecule has 0 aliphatic carbocycles. The molecule has 1 aromatic heterocycles. The highest BCUT2D eigenvalue weighted by molar-refractivity contribution is 7.89. The summed E-state index contributed by atoms with van der Waals surface area (Å²) in [5.74, 6) is -2.93. The third-order valence-electron chi connectivity index (χ3n) is 5.05. The number of benzene rings is 2. The number of alkyl halides is 3. The van der Waals surface area contributed by atoms with Crippen molar-refractivity contribution in [1.29, 1.82) is 0 Å². The topological polar surface area (TPSA) is 138 Å². The van der Waals surface area contributed by atoms with Gasteiger partial charge in [0.25, 0.3) is 5.91 Å². The number of carboxylic acid groups (broad SMARTS) is 1. The van der Waals surface area contributed by atoms with Crippen LogP contribution in [0.2, 0.25) is 5.02 Å². The normalized spacial score (nSPS) is 11.3. The average Bonchev–Trinajstić information content (AvgIpc) is 2.91. The zero-order valence-corrected chi connectivity index (χ0v) is 24.2. The van der Waals surface area contributed by atoms with Crippen LogP contribution in [-0.2, 0) is 14.8 Å². The Bertz CT molecular complexity index is 1410. The lowest BCUT2D eigenvalue weighted by atomic mass is 10.1. The number of aromatic nitrogens is 1. The maximum absolute atomic E-state index is 13.5. The molecule has 0 saturated heterocycles. The van der Waals surface area contributed by atoms with Gasteiger partial charge in [0, 0.05) is 53.5 Å². The third kappa shape index (κ3) is 12.3. The molecule has 15 heteroatoms. The number of carboxylic acids is 1. The van der Waals surface area contributed by atoms with Gasteiger partial charge in [0.1, 0.15) is 12.4 Å². The molecule has 0 saturated carbocycles. The fraction of sp³-hybridized carbons (Fsp3) is 0.296. The van der Waals surface area contributed by atoms with Crippen LogP contribution in [0.3, 0.4) is 0 Å². The number of para-hydroxylation sites is 1. The number of carbonyl (C=O) groups is 2. The van der Waals surface area contributed by atoms with Crippen LogP contribution in [0.25, 0.3) is 0 Å². The molecule has 42 heavy (non-hydrogen) atoms. The largest absolute Gasteiger partial charge is 0.492 e. The Morgan fingerprint density at radius 3 is 2.26 bits per heavy atom. The van der Waals surface area contributed by atoms with Gasteiger partial charge in [-0.25, -0.2) is 17.9 Å². The van der Waals surface area contributed by atoms with Gasteiger partial charge in [-0.15, -0.1) is 0 Å². The molecular weight excluding hydrogens is 601 g/mol. The quantitative estimate of drug-likeness (QED) is 0.242. The van der Waals surface area contributed by atoms with Crippen molar-refractivity contribution in [2.24, 2.45) is 0 Å². The number of rotatable bonds is 12. The van der Waals surface area contributed by atoms with E-state index >= 15 is 0 Å². The zero-order chi connectivity index (χ0) is 31.3. The molecular formula is C27H30ClF3N4O6S. The molecule has 3 N–H and O–H groups in total. The molecule has 3 rings (SSSR count). The van der Waals surface area contributed by atoms with E-state index in [1.807, 2.05) is 18.2 Å². The van der Waals surface area contributed by atoms with Gasteiger partial charge < -0.3 is 20.1 Å². The van der Waals surface area contributed by atoms with E-state index in [2.05, 4.69) is 15.0 Å². The molecule has 3 aromatic rings. The van der Waals surface area contributed by atoms with Crippen LogP contribution < -0.4 is 19.7 Å². The molecule has 0 spiro atoms. The molecule has 1 heterocycles. The molecule has 0 aliphatic heterocycles. The smallest absolute Gasteiger partial charge is 0.490 e. The molecule has 0 atom stereocenters. The minimum atomic E-state index is -5.08. The molecule has 0 radical (unpaired) electrons. The van der Waals surface area contributed by atoms with E-state index in [1.165, 1.54) is 4.90 Å². The van der Waals surface area contributed by atoms with Gasteiger partial charge in [-0.3, -0.25) is 9.78 Å². The number of pyridine rings is 1. The van der Waals surface area contributed by atoms with E-state index in [0.717, 1.165) is 5.69 Å². The molecule has 0 fully saturated rings. The van der Waals surface area contributed by atoms with Crippen LogP contribution in [0.15, 0.2) is 73.1 Å². The molecule has 0 aliphatic rings. The molecule has 228 valence electrons. The number of ether oxygens (including phenoxy) is 1. The lowest BCUT2D eigenvalue weighted by Crippen LogP contribution is -2.40. The first-order chi connectivity index (χ1) is 19.7. The van der Waals surface area contributed by atoms with Crippen LogP contribution in [0.5, 0.6) is 5.75 Å². The van der Waals surface area contributed by atoms with Crippen LogP contribution in [0, 0.1) is 0 Å². The third-order valence-corrected chi connectivity index (χ3v) is 6.82. The maximum atomic E-state index is 13.5.